The third-order valence-corrected chi connectivity index (χ3v) is 4.81. The van der Waals surface area contributed by atoms with Crippen molar-refractivity contribution in [1.82, 2.24) is 19.7 Å². The van der Waals surface area contributed by atoms with E-state index in [0.29, 0.717) is 0 Å². The number of aryl methyl sites for hydroxylation is 2. The number of rotatable bonds is 4. The van der Waals surface area contributed by atoms with E-state index in [0.717, 1.165) is 38.6 Å². The number of hydrogen-bond acceptors (Lipinski definition) is 4. The Kier molecular flexibility index (Phi) is 3.71. The topological polar surface area (TPSA) is 37.9 Å². The summed E-state index contributed by atoms with van der Waals surface area (Å²) in [6.45, 7) is 4.86. The number of amidine groups is 1. The molecule has 0 saturated carbocycles. The van der Waals surface area contributed by atoms with Crippen molar-refractivity contribution in [3.8, 4) is 0 Å². The number of fused-ring (bicyclic) bond motifs is 2. The van der Waals surface area contributed by atoms with Crippen LogP contribution >= 0.6 is 0 Å². The maximum atomic E-state index is 4.69. The molecule has 0 aliphatic carbocycles. The fourth-order valence-electron chi connectivity index (χ4n) is 3.64. The van der Waals surface area contributed by atoms with Gasteiger partial charge in [-0.05, 0) is 42.8 Å². The maximum Gasteiger partial charge on any atom is 0.152 e. The van der Waals surface area contributed by atoms with Crippen LogP contribution in [0.3, 0.4) is 0 Å². The van der Waals surface area contributed by atoms with Crippen LogP contribution in [0.5, 0.6) is 0 Å². The van der Waals surface area contributed by atoms with Gasteiger partial charge in [-0.15, -0.1) is 0 Å². The number of H-pyrrole nitrogens is 1. The van der Waals surface area contributed by atoms with Gasteiger partial charge in [0.1, 0.15) is 6.67 Å². The second kappa shape index (κ2) is 5.89. The molecule has 2 aliphatic heterocycles. The lowest BCUT2D eigenvalue weighted by Crippen LogP contribution is -2.42. The van der Waals surface area contributed by atoms with Crippen LogP contribution in [0.15, 0.2) is 41.2 Å². The molecule has 1 N–H and O–H groups in total. The Hall–Kier alpha value is -2.43. The van der Waals surface area contributed by atoms with Gasteiger partial charge in [-0.3, -0.25) is 0 Å². The van der Waals surface area contributed by atoms with Crippen molar-refractivity contribution in [2.75, 3.05) is 34.0 Å². The Labute approximate surface area is 143 Å². The molecule has 126 valence electrons. The first-order valence-corrected chi connectivity index (χ1v) is 8.61. The fraction of sp³-hybridized carbons (Fsp3) is 0.421. The van der Waals surface area contributed by atoms with Crippen LogP contribution in [0.1, 0.15) is 17.7 Å². The Morgan fingerprint density at radius 3 is 2.96 bits per heavy atom. The van der Waals surface area contributed by atoms with Gasteiger partial charge in [-0.1, -0.05) is 12.1 Å². The molecule has 0 bridgehead atoms. The molecule has 5 heteroatoms. The summed E-state index contributed by atoms with van der Waals surface area (Å²) in [7, 11) is 4.22. The van der Waals surface area contributed by atoms with Crippen molar-refractivity contribution in [3.63, 3.8) is 0 Å². The van der Waals surface area contributed by atoms with Gasteiger partial charge in [-0.2, -0.15) is 0 Å². The number of aromatic nitrogens is 1. The number of aromatic amines is 1. The normalized spacial score (nSPS) is 17.4. The van der Waals surface area contributed by atoms with Crippen LogP contribution in [0.4, 0.5) is 0 Å². The van der Waals surface area contributed by atoms with Crippen molar-refractivity contribution in [2.45, 2.75) is 19.8 Å². The molecule has 0 unspecified atom stereocenters. The van der Waals surface area contributed by atoms with Gasteiger partial charge in [0.15, 0.2) is 5.84 Å². The summed E-state index contributed by atoms with van der Waals surface area (Å²) in [5, 5.41) is 1.31. The molecule has 24 heavy (non-hydrogen) atoms. The largest absolute Gasteiger partial charge is 0.361 e. The fourth-order valence-corrected chi connectivity index (χ4v) is 3.64. The number of benzene rings is 1. The van der Waals surface area contributed by atoms with Crippen LogP contribution in [0, 0.1) is 6.92 Å². The minimum Gasteiger partial charge on any atom is -0.361 e. The van der Waals surface area contributed by atoms with Gasteiger partial charge in [0.2, 0.25) is 0 Å². The first-order valence-electron chi connectivity index (χ1n) is 8.61. The number of nitrogens with one attached hydrogen (secondary N) is 1. The average molecular weight is 323 g/mol. The molecular weight excluding hydrogens is 298 g/mol. The Balaban J connectivity index is 1.39. The van der Waals surface area contributed by atoms with E-state index in [1.165, 1.54) is 27.9 Å². The molecule has 0 amide bonds. The molecule has 1 aromatic heterocycles. The highest BCUT2D eigenvalue weighted by atomic mass is 15.4. The average Bonchev–Trinajstić information content (AvgIpc) is 3.11. The standard InChI is InChI=1S/C19H25N5/c1-14-6-7-15-10-16(21-17(15)9-14)5-4-8-24-12-20-19-18(24)11-22(2)13-23(19)3/h6-7,9-11,21H,4-5,8,12-13H2,1-3H3. The van der Waals surface area contributed by atoms with Gasteiger partial charge < -0.3 is 19.7 Å². The van der Waals surface area contributed by atoms with Crippen molar-refractivity contribution in [2.24, 2.45) is 4.99 Å². The highest BCUT2D eigenvalue weighted by molar-refractivity contribution is 5.99. The van der Waals surface area contributed by atoms with Crippen LogP contribution in [0.25, 0.3) is 10.9 Å². The lowest BCUT2D eigenvalue weighted by atomic mass is 10.2. The second-order valence-corrected chi connectivity index (χ2v) is 6.99. The summed E-state index contributed by atoms with van der Waals surface area (Å²) in [5.74, 6) is 1.13. The number of nitrogens with zero attached hydrogens (tertiary/aromatic N) is 4. The third kappa shape index (κ3) is 2.75. The quantitative estimate of drug-likeness (QED) is 0.940. The maximum absolute atomic E-state index is 4.69. The Bertz CT molecular complexity index is 816. The summed E-state index contributed by atoms with van der Waals surface area (Å²) in [6, 6.07) is 8.87. The molecule has 0 fully saturated rings. The zero-order valence-corrected chi connectivity index (χ0v) is 14.7. The van der Waals surface area contributed by atoms with Crippen molar-refractivity contribution in [1.29, 1.82) is 0 Å². The Morgan fingerprint density at radius 1 is 1.21 bits per heavy atom. The molecule has 4 rings (SSSR count). The van der Waals surface area contributed by atoms with E-state index in [1.807, 2.05) is 0 Å². The van der Waals surface area contributed by atoms with Crippen molar-refractivity contribution in [3.05, 3.63) is 47.4 Å². The molecule has 2 aromatic rings. The minimum atomic E-state index is 0.783. The molecule has 0 saturated heterocycles. The SMILES string of the molecule is Cc1ccc2cc(CCCN3CN=C4C3=CN(C)CN4C)[nH]c2c1. The number of aliphatic imine (C=N–C) groups is 1. The molecule has 0 spiro atoms. The smallest absolute Gasteiger partial charge is 0.152 e. The monoisotopic (exact) mass is 323 g/mol. The molecule has 2 aliphatic rings. The van der Waals surface area contributed by atoms with Crippen LogP contribution in [-0.4, -0.2) is 59.5 Å². The van der Waals surface area contributed by atoms with Gasteiger partial charge in [0, 0.05) is 38.1 Å². The van der Waals surface area contributed by atoms with Crippen LogP contribution in [0.2, 0.25) is 0 Å². The zero-order valence-electron chi connectivity index (χ0n) is 14.7. The summed E-state index contributed by atoms with van der Waals surface area (Å²) in [5.41, 5.74) is 5.13. The van der Waals surface area contributed by atoms with Gasteiger partial charge in [0.05, 0.1) is 12.4 Å². The lowest BCUT2D eigenvalue weighted by molar-refractivity contribution is 0.285. The predicted molar refractivity (Wildman–Crippen MR) is 98.8 cm³/mol. The molecule has 0 radical (unpaired) electrons. The van der Waals surface area contributed by atoms with Crippen molar-refractivity contribution < 1.29 is 0 Å². The lowest BCUT2D eigenvalue weighted by Gasteiger charge is -2.33. The van der Waals surface area contributed by atoms with Gasteiger partial charge in [-0.25, -0.2) is 4.99 Å². The molecule has 0 atom stereocenters. The molecule has 5 nitrogen and oxygen atoms in total. The van der Waals surface area contributed by atoms with Crippen LogP contribution in [-0.2, 0) is 6.42 Å². The van der Waals surface area contributed by atoms with E-state index < -0.39 is 0 Å². The van der Waals surface area contributed by atoms with Crippen molar-refractivity contribution >= 4 is 16.7 Å². The highest BCUT2D eigenvalue weighted by Crippen LogP contribution is 2.22. The highest BCUT2D eigenvalue weighted by Gasteiger charge is 2.28. The molecule has 1 aromatic carbocycles. The van der Waals surface area contributed by atoms with E-state index in [2.05, 4.69) is 71.2 Å². The molecule has 3 heterocycles. The first-order chi connectivity index (χ1) is 11.6. The number of hydrogen-bond donors (Lipinski definition) is 1. The number of likely N-dealkylation sites (N-methyl/N-ethyl adjacent to an activating group) is 1. The minimum absolute atomic E-state index is 0.783. The van der Waals surface area contributed by atoms with Gasteiger partial charge >= 0.3 is 0 Å². The Morgan fingerprint density at radius 2 is 2.08 bits per heavy atom. The zero-order chi connectivity index (χ0) is 16.7. The van der Waals surface area contributed by atoms with E-state index in [1.54, 1.807) is 0 Å². The van der Waals surface area contributed by atoms with Gasteiger partial charge in [0.25, 0.3) is 0 Å². The van der Waals surface area contributed by atoms with E-state index in [-0.39, 0.29) is 0 Å². The summed E-state index contributed by atoms with van der Waals surface area (Å²) < 4.78 is 0. The van der Waals surface area contributed by atoms with E-state index in [9.17, 15) is 0 Å². The van der Waals surface area contributed by atoms with E-state index in [4.69, 9.17) is 4.99 Å². The summed E-state index contributed by atoms with van der Waals surface area (Å²) in [4.78, 5) is 15.1. The summed E-state index contributed by atoms with van der Waals surface area (Å²) in [6.07, 6.45) is 4.41. The third-order valence-electron chi connectivity index (χ3n) is 4.81. The predicted octanol–water partition coefficient (Wildman–Crippen LogP) is 2.76. The van der Waals surface area contributed by atoms with Crippen LogP contribution < -0.4 is 0 Å². The first kappa shape index (κ1) is 15.1. The summed E-state index contributed by atoms with van der Waals surface area (Å²) >= 11 is 0. The van der Waals surface area contributed by atoms with E-state index >= 15 is 0 Å². The second-order valence-electron chi connectivity index (χ2n) is 6.99. The molecular formula is C19H25N5.